The van der Waals surface area contributed by atoms with E-state index in [-0.39, 0.29) is 5.78 Å². The molecule has 37 heavy (non-hydrogen) atoms. The summed E-state index contributed by atoms with van der Waals surface area (Å²) in [4.78, 5) is 24.6. The summed E-state index contributed by atoms with van der Waals surface area (Å²) in [6.07, 6.45) is 0. The highest BCUT2D eigenvalue weighted by molar-refractivity contribution is 6.54. The lowest BCUT2D eigenvalue weighted by atomic mass is 9.86. The lowest BCUT2D eigenvalue weighted by Crippen LogP contribution is -2.24. The van der Waals surface area contributed by atoms with Gasteiger partial charge in [-0.3, -0.25) is 4.79 Å². The summed E-state index contributed by atoms with van der Waals surface area (Å²) >= 11 is 0. The molecule has 0 aromatic heterocycles. The summed E-state index contributed by atoms with van der Waals surface area (Å²) in [5.74, 6) is -0.0497. The molecule has 3 heteroatoms. The first-order valence-electron chi connectivity index (χ1n) is 12.3. The molecule has 0 atom stereocenters. The zero-order valence-electron chi connectivity index (χ0n) is 20.2. The molecule has 0 bridgehead atoms. The predicted octanol–water partition coefficient (Wildman–Crippen LogP) is 7.11. The topological polar surface area (TPSA) is 41.8 Å². The predicted molar refractivity (Wildman–Crippen MR) is 149 cm³/mol. The molecule has 1 aliphatic heterocycles. The summed E-state index contributed by atoms with van der Waals surface area (Å²) in [7, 11) is 0. The minimum Gasteiger partial charge on any atom is -0.289 e. The summed E-state index contributed by atoms with van der Waals surface area (Å²) in [6, 6.07) is 47.4. The number of rotatable bonds is 6. The molecule has 0 aliphatic carbocycles. The number of carbonyl (C=O) groups is 1. The van der Waals surface area contributed by atoms with Crippen molar-refractivity contribution in [3.05, 3.63) is 179 Å². The van der Waals surface area contributed by atoms with Crippen LogP contribution in [0.2, 0.25) is 0 Å². The largest absolute Gasteiger partial charge is 0.289 e. The van der Waals surface area contributed by atoms with Crippen LogP contribution >= 0.6 is 0 Å². The van der Waals surface area contributed by atoms with E-state index in [0.717, 1.165) is 33.7 Å². The van der Waals surface area contributed by atoms with Crippen LogP contribution in [0.4, 0.5) is 0 Å². The second-order valence-corrected chi connectivity index (χ2v) is 8.93. The van der Waals surface area contributed by atoms with Crippen LogP contribution in [-0.4, -0.2) is 17.2 Å². The van der Waals surface area contributed by atoms with Gasteiger partial charge in [0, 0.05) is 33.4 Å². The van der Waals surface area contributed by atoms with Gasteiger partial charge in [0.25, 0.3) is 0 Å². The monoisotopic (exact) mass is 476 g/mol. The summed E-state index contributed by atoms with van der Waals surface area (Å²) in [5, 5.41) is 0. The Morgan fingerprint density at radius 3 is 1.46 bits per heavy atom. The Morgan fingerprint density at radius 1 is 0.486 bits per heavy atom. The molecule has 5 aromatic carbocycles. The fraction of sp³-hybridized carbons (Fsp3) is 0.0294. The van der Waals surface area contributed by atoms with Gasteiger partial charge >= 0.3 is 0 Å². The molecule has 0 N–H and O–H groups in total. The van der Waals surface area contributed by atoms with E-state index in [0.29, 0.717) is 11.1 Å². The molecule has 0 saturated carbocycles. The van der Waals surface area contributed by atoms with Crippen molar-refractivity contribution < 1.29 is 4.79 Å². The molecule has 1 heterocycles. The van der Waals surface area contributed by atoms with E-state index in [1.165, 1.54) is 0 Å². The molecule has 0 unspecified atom stereocenters. The molecule has 6 rings (SSSR count). The zero-order valence-corrected chi connectivity index (χ0v) is 20.2. The van der Waals surface area contributed by atoms with E-state index in [1.807, 2.05) is 121 Å². The van der Waals surface area contributed by atoms with E-state index in [9.17, 15) is 4.79 Å². The quantitative estimate of drug-likeness (QED) is 0.241. The van der Waals surface area contributed by atoms with Crippen molar-refractivity contribution in [3.8, 4) is 0 Å². The number of nitrogens with zero attached hydrogens (tertiary/aromatic N) is 2. The van der Waals surface area contributed by atoms with Crippen LogP contribution in [0.3, 0.4) is 0 Å². The average Bonchev–Trinajstić information content (AvgIpc) is 3.41. The summed E-state index contributed by atoms with van der Waals surface area (Å²) in [5.41, 5.74) is 5.35. The van der Waals surface area contributed by atoms with Crippen molar-refractivity contribution in [2.45, 2.75) is 5.66 Å². The second-order valence-electron chi connectivity index (χ2n) is 8.93. The van der Waals surface area contributed by atoms with Crippen LogP contribution in [0.5, 0.6) is 0 Å². The molecule has 176 valence electrons. The fourth-order valence-electron chi connectivity index (χ4n) is 4.85. The Labute approximate surface area is 216 Å². The average molecular weight is 477 g/mol. The molecule has 0 saturated heterocycles. The maximum Gasteiger partial charge on any atom is 0.203 e. The first kappa shape index (κ1) is 22.6. The van der Waals surface area contributed by atoms with Gasteiger partial charge in [-0.15, -0.1) is 0 Å². The number of ketones is 1. The molecule has 0 amide bonds. The standard InChI is InChI=1S/C34H24N2O/c37-33(27-19-9-3-10-20-27)29-23-13-14-24-30(29)34(28-21-11-4-12-22-28)35-31(25-15-5-1-6-16-25)32(36-34)26-17-7-2-8-18-26/h1-24H. The van der Waals surface area contributed by atoms with Gasteiger partial charge in [-0.05, 0) is 0 Å². The molecule has 5 aromatic rings. The summed E-state index contributed by atoms with van der Waals surface area (Å²) < 4.78 is 0. The normalized spacial score (nSPS) is 14.1. The maximum atomic E-state index is 13.8. The maximum absolute atomic E-state index is 13.8. The third-order valence-electron chi connectivity index (χ3n) is 6.63. The van der Waals surface area contributed by atoms with Crippen LogP contribution in [-0.2, 0) is 5.66 Å². The number of carbonyl (C=O) groups excluding carboxylic acids is 1. The third-order valence-corrected chi connectivity index (χ3v) is 6.63. The summed E-state index contributed by atoms with van der Waals surface area (Å²) in [6.45, 7) is 0. The highest BCUT2D eigenvalue weighted by Gasteiger charge is 2.42. The fourth-order valence-corrected chi connectivity index (χ4v) is 4.85. The van der Waals surface area contributed by atoms with Crippen LogP contribution in [0.25, 0.3) is 0 Å². The Morgan fingerprint density at radius 2 is 0.919 bits per heavy atom. The van der Waals surface area contributed by atoms with Crippen LogP contribution in [0.1, 0.15) is 38.2 Å². The van der Waals surface area contributed by atoms with Gasteiger partial charge < -0.3 is 0 Å². The molecule has 0 fully saturated rings. The van der Waals surface area contributed by atoms with Gasteiger partial charge in [0.1, 0.15) is 0 Å². The third kappa shape index (κ3) is 4.11. The molecular weight excluding hydrogens is 452 g/mol. The minimum atomic E-state index is -1.11. The van der Waals surface area contributed by atoms with Crippen molar-refractivity contribution in [1.29, 1.82) is 0 Å². The van der Waals surface area contributed by atoms with Gasteiger partial charge in [-0.25, -0.2) is 9.98 Å². The molecule has 0 radical (unpaired) electrons. The Kier molecular flexibility index (Phi) is 5.88. The Balaban J connectivity index is 1.65. The van der Waals surface area contributed by atoms with Gasteiger partial charge in [0.15, 0.2) is 5.78 Å². The van der Waals surface area contributed by atoms with Crippen molar-refractivity contribution in [3.63, 3.8) is 0 Å². The van der Waals surface area contributed by atoms with Crippen molar-refractivity contribution in [2.75, 3.05) is 0 Å². The first-order valence-corrected chi connectivity index (χ1v) is 12.3. The van der Waals surface area contributed by atoms with E-state index < -0.39 is 5.66 Å². The number of aliphatic imine (C=N–C) groups is 2. The highest BCUT2D eigenvalue weighted by Crippen LogP contribution is 2.42. The highest BCUT2D eigenvalue weighted by atomic mass is 16.1. The Bertz CT molecular complexity index is 1550. The number of benzene rings is 5. The van der Waals surface area contributed by atoms with Gasteiger partial charge in [0.05, 0.1) is 11.4 Å². The first-order chi connectivity index (χ1) is 18.3. The zero-order chi connectivity index (χ0) is 25.1. The van der Waals surface area contributed by atoms with Crippen molar-refractivity contribution >= 4 is 17.2 Å². The SMILES string of the molecule is O=C(c1ccccc1)c1ccccc1C1(c2ccccc2)N=C(c2ccccc2)C(c2ccccc2)=N1. The van der Waals surface area contributed by atoms with Crippen molar-refractivity contribution in [1.82, 2.24) is 0 Å². The van der Waals surface area contributed by atoms with Crippen molar-refractivity contribution in [2.24, 2.45) is 9.98 Å². The van der Waals surface area contributed by atoms with Gasteiger partial charge in [-0.1, -0.05) is 146 Å². The Hall–Kier alpha value is -4.89. The number of hydrogen-bond acceptors (Lipinski definition) is 3. The van der Waals surface area contributed by atoms with Crippen LogP contribution < -0.4 is 0 Å². The van der Waals surface area contributed by atoms with Crippen LogP contribution in [0, 0.1) is 0 Å². The number of hydrogen-bond donors (Lipinski definition) is 0. The smallest absolute Gasteiger partial charge is 0.203 e. The minimum absolute atomic E-state index is 0.0497. The second kappa shape index (κ2) is 9.63. The molecule has 1 aliphatic rings. The van der Waals surface area contributed by atoms with E-state index in [4.69, 9.17) is 9.98 Å². The van der Waals surface area contributed by atoms with E-state index in [2.05, 4.69) is 24.3 Å². The lowest BCUT2D eigenvalue weighted by molar-refractivity contribution is 0.103. The van der Waals surface area contributed by atoms with Gasteiger partial charge in [-0.2, -0.15) is 0 Å². The molecular formula is C34H24N2O. The van der Waals surface area contributed by atoms with Gasteiger partial charge in [0.2, 0.25) is 5.66 Å². The van der Waals surface area contributed by atoms with E-state index in [1.54, 1.807) is 0 Å². The van der Waals surface area contributed by atoms with E-state index >= 15 is 0 Å². The molecule has 3 nitrogen and oxygen atoms in total. The lowest BCUT2D eigenvalue weighted by Gasteiger charge is -2.26. The van der Waals surface area contributed by atoms with Crippen LogP contribution in [0.15, 0.2) is 156 Å². The molecule has 0 spiro atoms.